The zero-order valence-electron chi connectivity index (χ0n) is 11.9. The van der Waals surface area contributed by atoms with Crippen molar-refractivity contribution < 1.29 is 24.2 Å². The number of hydrogen-bond donors (Lipinski definition) is 3. The van der Waals surface area contributed by atoms with Crippen molar-refractivity contribution in [2.75, 3.05) is 7.11 Å². The van der Waals surface area contributed by atoms with Gasteiger partial charge in [-0.15, -0.1) is 0 Å². The molecule has 0 bridgehead atoms. The van der Waals surface area contributed by atoms with E-state index in [1.165, 1.54) is 7.11 Å². The highest BCUT2D eigenvalue weighted by Gasteiger charge is 2.28. The molecule has 1 unspecified atom stereocenters. The van der Waals surface area contributed by atoms with Gasteiger partial charge in [-0.3, -0.25) is 4.79 Å². The highest BCUT2D eigenvalue weighted by molar-refractivity contribution is 5.84. The Bertz CT molecular complexity index is 352. The van der Waals surface area contributed by atoms with Crippen LogP contribution in [0, 0.1) is 5.92 Å². The second-order valence-electron chi connectivity index (χ2n) is 5.30. The summed E-state index contributed by atoms with van der Waals surface area (Å²) in [6.07, 6.45) is -0.217. The number of amides is 2. The lowest BCUT2D eigenvalue weighted by Gasteiger charge is -2.27. The van der Waals surface area contributed by atoms with Gasteiger partial charge in [0.1, 0.15) is 6.04 Å². The molecule has 3 N–H and O–H groups in total. The van der Waals surface area contributed by atoms with E-state index in [2.05, 4.69) is 15.4 Å². The van der Waals surface area contributed by atoms with Crippen LogP contribution >= 0.6 is 0 Å². The molecule has 0 aliphatic heterocycles. The Morgan fingerprint density at radius 3 is 2.16 bits per heavy atom. The van der Waals surface area contributed by atoms with Crippen molar-refractivity contribution >= 4 is 18.0 Å². The molecule has 0 fully saturated rings. The number of urea groups is 1. The van der Waals surface area contributed by atoms with Crippen LogP contribution in [0.5, 0.6) is 0 Å². The first-order valence-electron chi connectivity index (χ1n) is 5.97. The monoisotopic (exact) mass is 274 g/mol. The number of hydrogen-bond acceptors (Lipinski definition) is 4. The smallest absolute Gasteiger partial charge is 0.328 e. The third-order valence-corrected chi connectivity index (χ3v) is 2.45. The molecular formula is C12H22N2O5. The molecule has 0 aliphatic carbocycles. The number of carbonyl (C=O) groups is 3. The number of methoxy groups -OCH3 is 1. The molecule has 0 spiro atoms. The molecule has 0 saturated heterocycles. The van der Waals surface area contributed by atoms with Gasteiger partial charge in [-0.05, 0) is 19.8 Å². The number of carbonyl (C=O) groups excluding carboxylic acids is 2. The third-order valence-electron chi connectivity index (χ3n) is 2.45. The Balaban J connectivity index is 4.58. The number of carboxylic acids is 1. The van der Waals surface area contributed by atoms with Gasteiger partial charge in [-0.25, -0.2) is 9.59 Å². The minimum atomic E-state index is -1.02. The predicted molar refractivity (Wildman–Crippen MR) is 68.6 cm³/mol. The highest BCUT2D eigenvalue weighted by Crippen LogP contribution is 2.09. The fraction of sp³-hybridized carbons (Fsp3) is 0.750. The van der Waals surface area contributed by atoms with Crippen molar-refractivity contribution in [1.29, 1.82) is 0 Å². The van der Waals surface area contributed by atoms with E-state index >= 15 is 0 Å². The summed E-state index contributed by atoms with van der Waals surface area (Å²) in [7, 11) is 1.24. The topological polar surface area (TPSA) is 105 Å². The van der Waals surface area contributed by atoms with Crippen LogP contribution in [-0.2, 0) is 14.3 Å². The Kier molecular flexibility index (Phi) is 6.31. The van der Waals surface area contributed by atoms with Gasteiger partial charge in [-0.1, -0.05) is 13.8 Å². The molecule has 0 heterocycles. The van der Waals surface area contributed by atoms with E-state index in [9.17, 15) is 14.4 Å². The summed E-state index contributed by atoms with van der Waals surface area (Å²) in [4.78, 5) is 33.9. The molecule has 7 heteroatoms. The number of ether oxygens (including phenoxy) is 1. The van der Waals surface area contributed by atoms with Crippen LogP contribution in [0.3, 0.4) is 0 Å². The standard InChI is InChI=1S/C12H22N2O5/c1-7(2)9(10(17)19-5)13-11(18)14-12(3,4)6-8(15)16/h7,9H,6H2,1-5H3,(H,15,16)(H2,13,14,18). The summed E-state index contributed by atoms with van der Waals surface area (Å²) in [5, 5.41) is 13.7. The van der Waals surface area contributed by atoms with Gasteiger partial charge in [0.2, 0.25) is 0 Å². The van der Waals surface area contributed by atoms with Crippen LogP contribution in [0.4, 0.5) is 4.79 Å². The van der Waals surface area contributed by atoms with E-state index in [0.29, 0.717) is 0 Å². The SMILES string of the molecule is COC(=O)C(NC(=O)NC(C)(C)CC(=O)O)C(C)C. The van der Waals surface area contributed by atoms with Crippen LogP contribution in [0.15, 0.2) is 0 Å². The molecule has 110 valence electrons. The number of aliphatic carboxylic acids is 1. The molecule has 7 nitrogen and oxygen atoms in total. The number of carboxylic acid groups (broad SMARTS) is 1. The summed E-state index contributed by atoms with van der Waals surface area (Å²) in [5.74, 6) is -1.69. The summed E-state index contributed by atoms with van der Waals surface area (Å²) < 4.78 is 4.59. The Hall–Kier alpha value is -1.79. The maximum Gasteiger partial charge on any atom is 0.328 e. The molecule has 2 amide bonds. The van der Waals surface area contributed by atoms with Gasteiger partial charge in [0.15, 0.2) is 0 Å². The van der Waals surface area contributed by atoms with Crippen LogP contribution in [0.2, 0.25) is 0 Å². The highest BCUT2D eigenvalue weighted by atomic mass is 16.5. The van der Waals surface area contributed by atoms with E-state index in [4.69, 9.17) is 5.11 Å². The zero-order chi connectivity index (χ0) is 15.2. The fourth-order valence-electron chi connectivity index (χ4n) is 1.53. The first kappa shape index (κ1) is 17.2. The fourth-order valence-corrected chi connectivity index (χ4v) is 1.53. The maximum atomic E-state index is 11.8. The average Bonchev–Trinajstić information content (AvgIpc) is 2.21. The molecule has 0 aliphatic rings. The molecule has 0 rings (SSSR count). The van der Waals surface area contributed by atoms with E-state index < -0.39 is 29.6 Å². The van der Waals surface area contributed by atoms with Crippen LogP contribution < -0.4 is 10.6 Å². The van der Waals surface area contributed by atoms with Crippen LogP contribution in [0.1, 0.15) is 34.1 Å². The second kappa shape index (κ2) is 6.96. The Labute approximate surface area is 112 Å². The van der Waals surface area contributed by atoms with Crippen molar-refractivity contribution in [3.63, 3.8) is 0 Å². The molecule has 19 heavy (non-hydrogen) atoms. The maximum absolute atomic E-state index is 11.8. The predicted octanol–water partition coefficient (Wildman–Crippen LogP) is 0.736. The molecule has 0 radical (unpaired) electrons. The quantitative estimate of drug-likeness (QED) is 0.619. The summed E-state index contributed by atoms with van der Waals surface area (Å²) >= 11 is 0. The average molecular weight is 274 g/mol. The summed E-state index contributed by atoms with van der Waals surface area (Å²) in [6, 6.07) is -1.37. The van der Waals surface area contributed by atoms with E-state index in [1.54, 1.807) is 27.7 Å². The first-order valence-corrected chi connectivity index (χ1v) is 5.97. The molecule has 1 atom stereocenters. The summed E-state index contributed by atoms with van der Waals surface area (Å²) in [5.41, 5.74) is -0.909. The normalized spacial score (nSPS) is 12.7. The van der Waals surface area contributed by atoms with E-state index in [0.717, 1.165) is 0 Å². The second-order valence-corrected chi connectivity index (χ2v) is 5.30. The minimum Gasteiger partial charge on any atom is -0.481 e. The van der Waals surface area contributed by atoms with Gasteiger partial charge < -0.3 is 20.5 Å². The molecule has 0 aromatic rings. The van der Waals surface area contributed by atoms with E-state index in [1.807, 2.05) is 0 Å². The van der Waals surface area contributed by atoms with E-state index in [-0.39, 0.29) is 12.3 Å². The van der Waals surface area contributed by atoms with Crippen molar-refractivity contribution in [3.05, 3.63) is 0 Å². The van der Waals surface area contributed by atoms with Crippen molar-refractivity contribution in [2.24, 2.45) is 5.92 Å². The lowest BCUT2D eigenvalue weighted by Crippen LogP contribution is -2.54. The largest absolute Gasteiger partial charge is 0.481 e. The molecule has 0 aromatic heterocycles. The molecular weight excluding hydrogens is 252 g/mol. The zero-order valence-corrected chi connectivity index (χ0v) is 11.9. The van der Waals surface area contributed by atoms with Gasteiger partial charge in [-0.2, -0.15) is 0 Å². The van der Waals surface area contributed by atoms with Crippen molar-refractivity contribution in [2.45, 2.75) is 45.7 Å². The lowest BCUT2D eigenvalue weighted by atomic mass is 10.0. The number of nitrogens with one attached hydrogen (secondary N) is 2. The summed E-state index contributed by atoms with van der Waals surface area (Å²) in [6.45, 7) is 6.71. The van der Waals surface area contributed by atoms with Gasteiger partial charge in [0, 0.05) is 5.54 Å². The lowest BCUT2D eigenvalue weighted by molar-refractivity contribution is -0.144. The molecule has 0 aromatic carbocycles. The van der Waals surface area contributed by atoms with Gasteiger partial charge >= 0.3 is 18.0 Å². The van der Waals surface area contributed by atoms with Crippen molar-refractivity contribution in [1.82, 2.24) is 10.6 Å². The van der Waals surface area contributed by atoms with Crippen LogP contribution in [0.25, 0.3) is 0 Å². The van der Waals surface area contributed by atoms with Gasteiger partial charge in [0.25, 0.3) is 0 Å². The van der Waals surface area contributed by atoms with Crippen LogP contribution in [-0.4, -0.2) is 41.8 Å². The minimum absolute atomic E-state index is 0.138. The molecule has 0 saturated carbocycles. The number of esters is 1. The Morgan fingerprint density at radius 1 is 1.26 bits per heavy atom. The van der Waals surface area contributed by atoms with Gasteiger partial charge in [0.05, 0.1) is 13.5 Å². The van der Waals surface area contributed by atoms with Crippen molar-refractivity contribution in [3.8, 4) is 0 Å². The number of rotatable bonds is 6. The third kappa shape index (κ3) is 6.64. The first-order chi connectivity index (χ1) is 8.59. The Morgan fingerprint density at radius 2 is 1.79 bits per heavy atom.